The normalized spacial score (nSPS) is 11.4. The second-order valence-electron chi connectivity index (χ2n) is 3.16. The molecule has 1 aromatic heterocycles. The van der Waals surface area contributed by atoms with Crippen LogP contribution in [0.3, 0.4) is 0 Å². The predicted octanol–water partition coefficient (Wildman–Crippen LogP) is 3.96. The number of thiophene rings is 1. The number of para-hydroxylation sites is 1. The molecule has 1 N–H and O–H groups in total. The van der Waals surface area contributed by atoms with E-state index in [1.54, 1.807) is 24.3 Å². The number of halogens is 2. The van der Waals surface area contributed by atoms with Crippen LogP contribution in [0.25, 0.3) is 0 Å². The summed E-state index contributed by atoms with van der Waals surface area (Å²) in [5, 5.41) is 0.392. The van der Waals surface area contributed by atoms with E-state index in [9.17, 15) is 8.42 Å². The van der Waals surface area contributed by atoms with Crippen molar-refractivity contribution in [3.05, 3.63) is 45.2 Å². The fourth-order valence-electron chi connectivity index (χ4n) is 1.17. The number of nitrogens with one attached hydrogen (secondary N) is 1. The summed E-state index contributed by atoms with van der Waals surface area (Å²) in [6.45, 7) is 0. The molecule has 0 aliphatic heterocycles. The van der Waals surface area contributed by atoms with E-state index in [0.717, 1.165) is 11.3 Å². The lowest BCUT2D eigenvalue weighted by molar-refractivity contribution is 0.603. The molecule has 0 unspecified atom stereocenters. The van der Waals surface area contributed by atoms with E-state index in [4.69, 9.17) is 11.6 Å². The first-order chi connectivity index (χ1) is 7.99. The Balaban J connectivity index is 2.32. The average Bonchev–Trinajstić information content (AvgIpc) is 2.61. The lowest BCUT2D eigenvalue weighted by Gasteiger charge is -2.04. The zero-order valence-corrected chi connectivity index (χ0v) is 12.3. The van der Waals surface area contributed by atoms with Gasteiger partial charge in [0.15, 0.2) is 0 Å². The van der Waals surface area contributed by atoms with Crippen molar-refractivity contribution in [3.8, 4) is 0 Å². The number of rotatable bonds is 3. The Kier molecular flexibility index (Phi) is 3.77. The smallest absolute Gasteiger partial charge is 0.271 e. The first-order valence-corrected chi connectivity index (χ1v) is 7.99. The molecule has 0 aliphatic rings. The van der Waals surface area contributed by atoms with Gasteiger partial charge in [0, 0.05) is 5.69 Å². The van der Waals surface area contributed by atoms with Gasteiger partial charge in [0.25, 0.3) is 10.0 Å². The Bertz CT molecular complexity index is 606. The zero-order chi connectivity index (χ0) is 12.5. The number of hydrogen-bond donors (Lipinski definition) is 1. The van der Waals surface area contributed by atoms with Crippen LogP contribution in [0.15, 0.2) is 44.4 Å². The number of hydrogen-bond acceptors (Lipinski definition) is 3. The van der Waals surface area contributed by atoms with Crippen LogP contribution in [0.4, 0.5) is 5.69 Å². The van der Waals surface area contributed by atoms with Gasteiger partial charge >= 0.3 is 0 Å². The molecule has 0 saturated heterocycles. The summed E-state index contributed by atoms with van der Waals surface area (Å²) < 4.78 is 27.2. The molecule has 0 saturated carbocycles. The van der Waals surface area contributed by atoms with E-state index >= 15 is 0 Å². The van der Waals surface area contributed by atoms with Crippen molar-refractivity contribution in [2.24, 2.45) is 0 Å². The Morgan fingerprint density at radius 3 is 2.41 bits per heavy atom. The van der Waals surface area contributed by atoms with Crippen LogP contribution >= 0.6 is 38.9 Å². The summed E-state index contributed by atoms with van der Waals surface area (Å²) >= 11 is 10.1. The Morgan fingerprint density at radius 2 is 1.88 bits per heavy atom. The maximum Gasteiger partial charge on any atom is 0.271 e. The summed E-state index contributed by atoms with van der Waals surface area (Å²) in [6.07, 6.45) is 0. The number of benzene rings is 1. The third kappa shape index (κ3) is 3.01. The van der Waals surface area contributed by atoms with Crippen LogP contribution in [0.1, 0.15) is 0 Å². The molecule has 17 heavy (non-hydrogen) atoms. The van der Waals surface area contributed by atoms with Crippen LogP contribution in [0, 0.1) is 0 Å². The molecule has 7 heteroatoms. The van der Waals surface area contributed by atoms with Crippen LogP contribution in [-0.2, 0) is 10.0 Å². The van der Waals surface area contributed by atoms with E-state index in [1.807, 2.05) is 6.07 Å². The van der Waals surface area contributed by atoms with Crippen molar-refractivity contribution >= 4 is 54.6 Å². The maximum atomic E-state index is 12.0. The van der Waals surface area contributed by atoms with Crippen LogP contribution in [0.2, 0.25) is 5.02 Å². The second-order valence-corrected chi connectivity index (χ2v) is 7.85. The molecule has 0 aliphatic carbocycles. The minimum Gasteiger partial charge on any atom is -0.279 e. The van der Waals surface area contributed by atoms with Crippen molar-refractivity contribution in [2.75, 3.05) is 4.72 Å². The molecule has 1 heterocycles. The molecule has 0 fully saturated rings. The SMILES string of the molecule is O=S(=O)(Nc1ccccc1)c1cc(Cl)c(Br)s1. The minimum atomic E-state index is -3.56. The van der Waals surface area contributed by atoms with Crippen LogP contribution < -0.4 is 4.72 Å². The van der Waals surface area contributed by atoms with Gasteiger partial charge in [-0.1, -0.05) is 29.8 Å². The van der Waals surface area contributed by atoms with Gasteiger partial charge in [0.2, 0.25) is 0 Å². The van der Waals surface area contributed by atoms with Gasteiger partial charge in [-0.3, -0.25) is 4.72 Å². The van der Waals surface area contributed by atoms with Crippen molar-refractivity contribution in [1.29, 1.82) is 0 Å². The summed E-state index contributed by atoms with van der Waals surface area (Å²) in [7, 11) is -3.56. The van der Waals surface area contributed by atoms with Gasteiger partial charge in [-0.25, -0.2) is 8.42 Å². The largest absolute Gasteiger partial charge is 0.279 e. The molecule has 3 nitrogen and oxygen atoms in total. The molecule has 1 aromatic carbocycles. The Hall–Kier alpha value is -0.560. The lowest BCUT2D eigenvalue weighted by atomic mass is 10.3. The summed E-state index contributed by atoms with van der Waals surface area (Å²) in [4.78, 5) is 0. The van der Waals surface area contributed by atoms with Gasteiger partial charge in [-0.15, -0.1) is 11.3 Å². The van der Waals surface area contributed by atoms with Crippen LogP contribution in [0.5, 0.6) is 0 Å². The predicted molar refractivity (Wildman–Crippen MR) is 74.3 cm³/mol. The summed E-state index contributed by atoms with van der Waals surface area (Å²) in [6, 6.07) is 10.1. The Morgan fingerprint density at radius 1 is 1.24 bits per heavy atom. The van der Waals surface area contributed by atoms with E-state index in [2.05, 4.69) is 20.7 Å². The molecular formula is C10H7BrClNO2S2. The topological polar surface area (TPSA) is 46.2 Å². The highest BCUT2D eigenvalue weighted by atomic mass is 79.9. The minimum absolute atomic E-state index is 0.179. The highest BCUT2D eigenvalue weighted by Crippen LogP contribution is 2.35. The molecule has 90 valence electrons. The summed E-state index contributed by atoms with van der Waals surface area (Å²) in [5.74, 6) is 0. The third-order valence-corrected chi connectivity index (χ3v) is 6.24. The third-order valence-electron chi connectivity index (χ3n) is 1.91. The first-order valence-electron chi connectivity index (χ1n) is 4.52. The standard InChI is InChI=1S/C10H7BrClNO2S2/c11-10-8(12)6-9(16-10)17(14,15)13-7-4-2-1-3-5-7/h1-6,13H. The van der Waals surface area contributed by atoms with Crippen molar-refractivity contribution in [1.82, 2.24) is 0 Å². The molecular weight excluding hydrogens is 346 g/mol. The quantitative estimate of drug-likeness (QED) is 0.908. The van der Waals surface area contributed by atoms with E-state index in [0.29, 0.717) is 14.5 Å². The van der Waals surface area contributed by atoms with Gasteiger partial charge in [0.1, 0.15) is 4.21 Å². The molecule has 0 amide bonds. The van der Waals surface area contributed by atoms with E-state index in [1.165, 1.54) is 6.07 Å². The van der Waals surface area contributed by atoms with Gasteiger partial charge < -0.3 is 0 Å². The van der Waals surface area contributed by atoms with E-state index in [-0.39, 0.29) is 4.21 Å². The molecule has 2 aromatic rings. The molecule has 0 radical (unpaired) electrons. The van der Waals surface area contributed by atoms with Crippen LogP contribution in [-0.4, -0.2) is 8.42 Å². The fraction of sp³-hybridized carbons (Fsp3) is 0. The van der Waals surface area contributed by atoms with Crippen molar-refractivity contribution in [3.63, 3.8) is 0 Å². The molecule has 0 bridgehead atoms. The number of sulfonamides is 1. The highest BCUT2D eigenvalue weighted by molar-refractivity contribution is 9.11. The second kappa shape index (κ2) is 4.97. The highest BCUT2D eigenvalue weighted by Gasteiger charge is 2.18. The average molecular weight is 353 g/mol. The van der Waals surface area contributed by atoms with Gasteiger partial charge in [0.05, 0.1) is 8.81 Å². The monoisotopic (exact) mass is 351 g/mol. The zero-order valence-electron chi connectivity index (χ0n) is 8.35. The fourth-order valence-corrected chi connectivity index (χ4v) is 4.63. The van der Waals surface area contributed by atoms with Crippen molar-refractivity contribution in [2.45, 2.75) is 4.21 Å². The first kappa shape index (κ1) is 12.9. The van der Waals surface area contributed by atoms with E-state index < -0.39 is 10.0 Å². The summed E-state index contributed by atoms with van der Waals surface area (Å²) in [5.41, 5.74) is 0.521. The Labute approximate surface area is 117 Å². The molecule has 0 spiro atoms. The van der Waals surface area contributed by atoms with Gasteiger partial charge in [-0.2, -0.15) is 0 Å². The van der Waals surface area contributed by atoms with Gasteiger partial charge in [-0.05, 0) is 34.1 Å². The molecule has 2 rings (SSSR count). The number of anilines is 1. The lowest BCUT2D eigenvalue weighted by Crippen LogP contribution is -2.11. The van der Waals surface area contributed by atoms with Crippen molar-refractivity contribution < 1.29 is 8.42 Å². The molecule has 0 atom stereocenters. The maximum absolute atomic E-state index is 12.0.